The van der Waals surface area contributed by atoms with Crippen LogP contribution in [0.25, 0.3) is 0 Å². The van der Waals surface area contributed by atoms with Gasteiger partial charge in [-0.2, -0.15) is 0 Å². The average molecular weight is 400 g/mol. The third-order valence-electron chi connectivity index (χ3n) is 4.49. The number of nitrogens with zero attached hydrogens (tertiary/aromatic N) is 2. The zero-order chi connectivity index (χ0) is 20.3. The molecule has 146 valence electrons. The van der Waals surface area contributed by atoms with Crippen LogP contribution in [0.2, 0.25) is 0 Å². The van der Waals surface area contributed by atoms with Crippen molar-refractivity contribution in [3.8, 4) is 5.75 Å². The number of carbonyl (C=O) groups excluding carboxylic acids is 1. The SMILES string of the molecule is COc1cccc(CN(C)C(=O)c2sc(=O)n(Cc3ccc(F)cc3)c2C)c1. The maximum atomic E-state index is 13.1. The van der Waals surface area contributed by atoms with Gasteiger partial charge < -0.3 is 9.64 Å². The van der Waals surface area contributed by atoms with Crippen molar-refractivity contribution in [2.24, 2.45) is 0 Å². The van der Waals surface area contributed by atoms with E-state index in [2.05, 4.69) is 0 Å². The van der Waals surface area contributed by atoms with Crippen LogP contribution in [0.1, 0.15) is 26.5 Å². The Morgan fingerprint density at radius 2 is 1.89 bits per heavy atom. The molecule has 1 aromatic heterocycles. The molecule has 0 aliphatic rings. The van der Waals surface area contributed by atoms with E-state index in [4.69, 9.17) is 4.74 Å². The molecule has 3 aromatic rings. The normalized spacial score (nSPS) is 10.7. The lowest BCUT2D eigenvalue weighted by molar-refractivity contribution is 0.0788. The predicted octanol–water partition coefficient (Wildman–Crippen LogP) is 3.69. The van der Waals surface area contributed by atoms with Crippen molar-refractivity contribution >= 4 is 17.2 Å². The highest BCUT2D eigenvalue weighted by atomic mass is 32.1. The highest BCUT2D eigenvalue weighted by Gasteiger charge is 2.21. The highest BCUT2D eigenvalue weighted by Crippen LogP contribution is 2.19. The number of hydrogen-bond donors (Lipinski definition) is 0. The van der Waals surface area contributed by atoms with E-state index in [0.29, 0.717) is 23.7 Å². The Morgan fingerprint density at radius 3 is 2.57 bits per heavy atom. The number of aromatic nitrogens is 1. The van der Waals surface area contributed by atoms with Gasteiger partial charge in [0.1, 0.15) is 16.4 Å². The molecule has 0 radical (unpaired) electrons. The van der Waals surface area contributed by atoms with Crippen LogP contribution in [-0.4, -0.2) is 29.5 Å². The van der Waals surface area contributed by atoms with E-state index < -0.39 is 0 Å². The minimum atomic E-state index is -0.326. The summed E-state index contributed by atoms with van der Waals surface area (Å²) in [5.74, 6) is 0.193. The summed E-state index contributed by atoms with van der Waals surface area (Å²) in [5, 5.41) is 0. The third kappa shape index (κ3) is 4.31. The number of thiazole rings is 1. The first-order valence-electron chi connectivity index (χ1n) is 8.72. The van der Waals surface area contributed by atoms with Crippen molar-refractivity contribution in [3.05, 3.63) is 85.7 Å². The number of amides is 1. The standard InChI is InChI=1S/C21H21FN2O3S/c1-14-19(20(25)23(2)12-16-5-4-6-18(11-16)27-3)28-21(26)24(14)13-15-7-9-17(22)10-8-15/h4-11H,12-13H2,1-3H3. The van der Waals surface area contributed by atoms with Crippen molar-refractivity contribution in [3.63, 3.8) is 0 Å². The molecule has 0 aliphatic heterocycles. The van der Waals surface area contributed by atoms with E-state index >= 15 is 0 Å². The molecule has 1 amide bonds. The number of methoxy groups -OCH3 is 1. The summed E-state index contributed by atoms with van der Waals surface area (Å²) in [5.41, 5.74) is 2.35. The van der Waals surface area contributed by atoms with Crippen LogP contribution in [-0.2, 0) is 13.1 Å². The Kier molecular flexibility index (Phi) is 5.94. The molecule has 0 unspecified atom stereocenters. The first-order valence-corrected chi connectivity index (χ1v) is 9.53. The van der Waals surface area contributed by atoms with Gasteiger partial charge >= 0.3 is 4.87 Å². The lowest BCUT2D eigenvalue weighted by Crippen LogP contribution is -2.26. The molecular formula is C21H21FN2O3S. The zero-order valence-electron chi connectivity index (χ0n) is 15.9. The molecule has 5 nitrogen and oxygen atoms in total. The van der Waals surface area contributed by atoms with Crippen LogP contribution in [0.3, 0.4) is 0 Å². The summed E-state index contributed by atoms with van der Waals surface area (Å²) >= 11 is 0.935. The largest absolute Gasteiger partial charge is 0.497 e. The molecule has 0 saturated heterocycles. The van der Waals surface area contributed by atoms with Gasteiger partial charge in [0, 0.05) is 19.3 Å². The van der Waals surface area contributed by atoms with Crippen molar-refractivity contribution < 1.29 is 13.9 Å². The van der Waals surface area contributed by atoms with Gasteiger partial charge in [-0.3, -0.25) is 14.2 Å². The molecule has 3 rings (SSSR count). The lowest BCUT2D eigenvalue weighted by Gasteiger charge is -2.17. The Morgan fingerprint density at radius 1 is 1.18 bits per heavy atom. The number of hydrogen-bond acceptors (Lipinski definition) is 4. The summed E-state index contributed by atoms with van der Waals surface area (Å²) in [6.45, 7) is 2.46. The van der Waals surface area contributed by atoms with Gasteiger partial charge in [0.15, 0.2) is 0 Å². The van der Waals surface area contributed by atoms with Gasteiger partial charge in [0.25, 0.3) is 5.91 Å². The summed E-state index contributed by atoms with van der Waals surface area (Å²) in [6.07, 6.45) is 0. The Hall–Kier alpha value is -2.93. The van der Waals surface area contributed by atoms with E-state index in [-0.39, 0.29) is 16.6 Å². The maximum Gasteiger partial charge on any atom is 0.308 e. The fourth-order valence-corrected chi connectivity index (χ4v) is 3.91. The van der Waals surface area contributed by atoms with Gasteiger partial charge in [-0.15, -0.1) is 0 Å². The Labute approximate surface area is 166 Å². The van der Waals surface area contributed by atoms with Crippen LogP contribution in [0.4, 0.5) is 4.39 Å². The van der Waals surface area contributed by atoms with Gasteiger partial charge in [-0.1, -0.05) is 35.6 Å². The topological polar surface area (TPSA) is 51.5 Å². The van der Waals surface area contributed by atoms with E-state index in [1.54, 1.807) is 42.7 Å². The number of rotatable bonds is 6. The number of ether oxygens (including phenoxy) is 1. The Balaban J connectivity index is 1.79. The second-order valence-corrected chi connectivity index (χ2v) is 7.47. The average Bonchev–Trinajstić information content (AvgIpc) is 2.97. The van der Waals surface area contributed by atoms with Crippen LogP contribution in [0.5, 0.6) is 5.75 Å². The molecular weight excluding hydrogens is 379 g/mol. The van der Waals surface area contributed by atoms with Crippen molar-refractivity contribution in [2.45, 2.75) is 20.0 Å². The van der Waals surface area contributed by atoms with Crippen molar-refractivity contribution in [1.29, 1.82) is 0 Å². The summed E-state index contributed by atoms with van der Waals surface area (Å²) in [7, 11) is 3.30. The predicted molar refractivity (Wildman–Crippen MR) is 108 cm³/mol. The van der Waals surface area contributed by atoms with E-state index in [0.717, 1.165) is 28.2 Å². The minimum Gasteiger partial charge on any atom is -0.497 e. The summed E-state index contributed by atoms with van der Waals surface area (Å²) in [4.78, 5) is 27.1. The monoisotopic (exact) mass is 400 g/mol. The van der Waals surface area contributed by atoms with Gasteiger partial charge in [-0.25, -0.2) is 4.39 Å². The van der Waals surface area contributed by atoms with Crippen LogP contribution >= 0.6 is 11.3 Å². The van der Waals surface area contributed by atoms with Crippen molar-refractivity contribution in [2.75, 3.05) is 14.2 Å². The molecule has 0 spiro atoms. The molecule has 0 aliphatic carbocycles. The van der Waals surface area contributed by atoms with Gasteiger partial charge in [0.05, 0.1) is 13.7 Å². The lowest BCUT2D eigenvalue weighted by atomic mass is 10.2. The fraction of sp³-hybridized carbons (Fsp3) is 0.238. The second-order valence-electron chi connectivity index (χ2n) is 6.51. The summed E-state index contributed by atoms with van der Waals surface area (Å²) < 4.78 is 19.8. The second kappa shape index (κ2) is 8.39. The van der Waals surface area contributed by atoms with Crippen LogP contribution < -0.4 is 9.61 Å². The molecule has 28 heavy (non-hydrogen) atoms. The van der Waals surface area contributed by atoms with Gasteiger partial charge in [-0.05, 0) is 42.3 Å². The highest BCUT2D eigenvalue weighted by molar-refractivity contribution is 7.11. The molecule has 0 N–H and O–H groups in total. The molecule has 0 saturated carbocycles. The fourth-order valence-electron chi connectivity index (χ4n) is 2.92. The van der Waals surface area contributed by atoms with E-state index in [1.807, 2.05) is 24.3 Å². The first-order chi connectivity index (χ1) is 13.4. The number of carbonyl (C=O) groups is 1. The number of benzene rings is 2. The quantitative estimate of drug-likeness (QED) is 0.634. The molecule has 0 bridgehead atoms. The smallest absolute Gasteiger partial charge is 0.308 e. The Bertz CT molecular complexity index is 1040. The molecule has 7 heteroatoms. The molecule has 2 aromatic carbocycles. The third-order valence-corrected chi connectivity index (χ3v) is 5.56. The summed E-state index contributed by atoms with van der Waals surface area (Å²) in [6, 6.07) is 13.5. The van der Waals surface area contributed by atoms with E-state index in [1.165, 1.54) is 12.1 Å². The molecule has 0 atom stereocenters. The zero-order valence-corrected chi connectivity index (χ0v) is 16.8. The van der Waals surface area contributed by atoms with E-state index in [9.17, 15) is 14.0 Å². The molecule has 0 fully saturated rings. The van der Waals surface area contributed by atoms with Crippen LogP contribution in [0, 0.1) is 12.7 Å². The molecule has 1 heterocycles. The van der Waals surface area contributed by atoms with Crippen molar-refractivity contribution in [1.82, 2.24) is 9.47 Å². The maximum absolute atomic E-state index is 13.1. The first kappa shape index (κ1) is 19.8. The number of halogens is 1. The minimum absolute atomic E-state index is 0.208. The van der Waals surface area contributed by atoms with Gasteiger partial charge in [0.2, 0.25) is 0 Å². The van der Waals surface area contributed by atoms with Crippen LogP contribution in [0.15, 0.2) is 53.3 Å².